The fraction of sp³-hybridized carbons (Fsp3) is 0.241. The fourth-order valence-electron chi connectivity index (χ4n) is 5.19. The van der Waals surface area contributed by atoms with Crippen LogP contribution in [0.3, 0.4) is 0 Å². The van der Waals surface area contributed by atoms with Crippen molar-refractivity contribution in [1.29, 1.82) is 0 Å². The molecule has 3 aromatic carbocycles. The molecule has 2 fully saturated rings. The Kier molecular flexibility index (Phi) is 6.98. The first-order valence-corrected chi connectivity index (χ1v) is 13.4. The number of halogens is 1. The lowest BCUT2D eigenvalue weighted by atomic mass is 10.1. The highest BCUT2D eigenvalue weighted by Gasteiger charge is 2.45. The summed E-state index contributed by atoms with van der Waals surface area (Å²) in [5, 5.41) is 11.3. The van der Waals surface area contributed by atoms with Gasteiger partial charge in [-0.15, -0.1) is 0 Å². The number of benzene rings is 3. The van der Waals surface area contributed by atoms with Gasteiger partial charge in [-0.1, -0.05) is 23.7 Å². The summed E-state index contributed by atoms with van der Waals surface area (Å²) in [6, 6.07) is 16.6. The molecule has 1 aromatic heterocycles. The minimum Gasteiger partial charge on any atom is -0.436 e. The standard InChI is InChI=1S/C29H23ClN4O7/c30-21-12-9-18(14-23(21)34(38)39)28(36)32(16-20-4-3-13-40-20)24-15-26(35)33(29(24)37)19-10-7-17(8-11-19)27-31-22-5-1-2-6-25(22)41-27/h1-2,5-12,14,20,24H,3-4,13,15-16H2. The second kappa shape index (κ2) is 10.8. The lowest BCUT2D eigenvalue weighted by Crippen LogP contribution is -2.48. The summed E-state index contributed by atoms with van der Waals surface area (Å²) in [4.78, 5) is 58.1. The molecule has 2 saturated heterocycles. The predicted octanol–water partition coefficient (Wildman–Crippen LogP) is 5.01. The molecule has 208 valence electrons. The number of aromatic nitrogens is 1. The van der Waals surface area contributed by atoms with Crippen molar-refractivity contribution >= 4 is 51.8 Å². The summed E-state index contributed by atoms with van der Waals surface area (Å²) in [5.41, 5.74) is 1.92. The molecule has 6 rings (SSSR count). The number of carbonyl (C=O) groups is 3. The quantitative estimate of drug-likeness (QED) is 0.171. The van der Waals surface area contributed by atoms with E-state index in [-0.39, 0.29) is 29.7 Å². The van der Waals surface area contributed by atoms with Crippen molar-refractivity contribution in [3.63, 3.8) is 0 Å². The number of oxazole rings is 1. The second-order valence-electron chi connectivity index (χ2n) is 9.84. The Morgan fingerprint density at radius 3 is 2.61 bits per heavy atom. The van der Waals surface area contributed by atoms with Crippen molar-refractivity contribution in [2.75, 3.05) is 18.1 Å². The van der Waals surface area contributed by atoms with E-state index >= 15 is 0 Å². The second-order valence-corrected chi connectivity index (χ2v) is 10.2. The topological polar surface area (TPSA) is 136 Å². The van der Waals surface area contributed by atoms with E-state index in [1.807, 2.05) is 24.3 Å². The van der Waals surface area contributed by atoms with Gasteiger partial charge in [0.1, 0.15) is 16.6 Å². The van der Waals surface area contributed by atoms with Gasteiger partial charge in [0.2, 0.25) is 11.8 Å². The molecule has 2 aliphatic heterocycles. The molecule has 0 radical (unpaired) electrons. The van der Waals surface area contributed by atoms with E-state index < -0.39 is 34.4 Å². The maximum atomic E-state index is 13.7. The predicted molar refractivity (Wildman–Crippen MR) is 148 cm³/mol. The lowest BCUT2D eigenvalue weighted by Gasteiger charge is -2.30. The van der Waals surface area contributed by atoms with Crippen LogP contribution in [-0.4, -0.2) is 57.8 Å². The van der Waals surface area contributed by atoms with Gasteiger partial charge in [0, 0.05) is 30.3 Å². The molecule has 0 spiro atoms. The van der Waals surface area contributed by atoms with E-state index in [1.54, 1.807) is 24.3 Å². The average Bonchev–Trinajstić information content (AvgIpc) is 3.71. The third kappa shape index (κ3) is 5.05. The minimum absolute atomic E-state index is 0.0134. The van der Waals surface area contributed by atoms with Gasteiger partial charge < -0.3 is 14.1 Å². The molecular formula is C29H23ClN4O7. The van der Waals surface area contributed by atoms with E-state index in [9.17, 15) is 24.5 Å². The number of para-hydroxylation sites is 2. The van der Waals surface area contributed by atoms with Crippen LogP contribution in [0.1, 0.15) is 29.6 Å². The first kappa shape index (κ1) is 26.6. The van der Waals surface area contributed by atoms with Crippen LogP contribution in [0.25, 0.3) is 22.6 Å². The van der Waals surface area contributed by atoms with Crippen molar-refractivity contribution in [2.24, 2.45) is 0 Å². The van der Waals surface area contributed by atoms with Gasteiger partial charge >= 0.3 is 0 Å². The molecule has 0 bridgehead atoms. The smallest absolute Gasteiger partial charge is 0.288 e. The molecule has 11 nitrogen and oxygen atoms in total. The number of rotatable bonds is 7. The zero-order valence-corrected chi connectivity index (χ0v) is 22.3. The third-order valence-electron chi connectivity index (χ3n) is 7.24. The number of carbonyl (C=O) groups excluding carboxylic acids is 3. The molecule has 2 aliphatic rings. The number of hydrogen-bond donors (Lipinski definition) is 0. The normalized spacial score (nSPS) is 18.8. The van der Waals surface area contributed by atoms with E-state index in [2.05, 4.69) is 4.98 Å². The molecule has 2 unspecified atom stereocenters. The van der Waals surface area contributed by atoms with Crippen molar-refractivity contribution in [1.82, 2.24) is 9.88 Å². The van der Waals surface area contributed by atoms with E-state index in [0.29, 0.717) is 41.3 Å². The van der Waals surface area contributed by atoms with Gasteiger partial charge in [0.25, 0.3) is 17.5 Å². The average molecular weight is 575 g/mol. The third-order valence-corrected chi connectivity index (χ3v) is 7.56. The largest absolute Gasteiger partial charge is 0.436 e. The molecule has 4 aromatic rings. The molecule has 0 saturated carbocycles. The number of anilines is 1. The number of nitro groups is 1. The maximum Gasteiger partial charge on any atom is 0.288 e. The van der Waals surface area contributed by atoms with Gasteiger partial charge in [-0.3, -0.25) is 24.5 Å². The molecule has 41 heavy (non-hydrogen) atoms. The van der Waals surface area contributed by atoms with Crippen LogP contribution in [0.15, 0.2) is 71.1 Å². The molecule has 3 amide bonds. The summed E-state index contributed by atoms with van der Waals surface area (Å²) < 4.78 is 11.5. The van der Waals surface area contributed by atoms with Crippen LogP contribution in [-0.2, 0) is 14.3 Å². The van der Waals surface area contributed by atoms with Crippen LogP contribution in [0.2, 0.25) is 5.02 Å². The summed E-state index contributed by atoms with van der Waals surface area (Å²) >= 11 is 5.94. The number of fused-ring (bicyclic) bond motifs is 1. The van der Waals surface area contributed by atoms with Crippen LogP contribution in [0.5, 0.6) is 0 Å². The van der Waals surface area contributed by atoms with Crippen molar-refractivity contribution in [2.45, 2.75) is 31.4 Å². The van der Waals surface area contributed by atoms with Crippen LogP contribution < -0.4 is 4.90 Å². The van der Waals surface area contributed by atoms with E-state index in [0.717, 1.165) is 17.4 Å². The Morgan fingerprint density at radius 2 is 1.90 bits per heavy atom. The van der Waals surface area contributed by atoms with Gasteiger partial charge in [0.15, 0.2) is 5.58 Å². The maximum absolute atomic E-state index is 13.7. The van der Waals surface area contributed by atoms with E-state index in [1.165, 1.54) is 17.0 Å². The first-order valence-electron chi connectivity index (χ1n) is 13.0. The highest BCUT2D eigenvalue weighted by atomic mass is 35.5. The van der Waals surface area contributed by atoms with Crippen molar-refractivity contribution in [3.05, 3.63) is 87.4 Å². The van der Waals surface area contributed by atoms with Crippen molar-refractivity contribution in [3.8, 4) is 11.5 Å². The molecular weight excluding hydrogens is 552 g/mol. The summed E-state index contributed by atoms with van der Waals surface area (Å²) in [7, 11) is 0. The van der Waals surface area contributed by atoms with Gasteiger partial charge in [0.05, 0.1) is 23.1 Å². The highest BCUT2D eigenvalue weighted by Crippen LogP contribution is 2.32. The van der Waals surface area contributed by atoms with Crippen LogP contribution in [0.4, 0.5) is 11.4 Å². The van der Waals surface area contributed by atoms with Gasteiger partial charge in [-0.05, 0) is 61.4 Å². The molecule has 3 heterocycles. The lowest BCUT2D eigenvalue weighted by molar-refractivity contribution is -0.384. The Hall–Kier alpha value is -4.61. The van der Waals surface area contributed by atoms with Gasteiger partial charge in [-0.2, -0.15) is 0 Å². The van der Waals surface area contributed by atoms with Gasteiger partial charge in [-0.25, -0.2) is 9.88 Å². The SMILES string of the molecule is O=C1CC(N(CC2CCCO2)C(=O)c2ccc(Cl)c([N+](=O)[O-])c2)C(=O)N1c1ccc(-c2nc3ccccc3o2)cc1. The monoisotopic (exact) mass is 574 g/mol. The summed E-state index contributed by atoms with van der Waals surface area (Å²) in [5.74, 6) is -1.26. The summed E-state index contributed by atoms with van der Waals surface area (Å²) in [6.07, 6.45) is 0.920. The van der Waals surface area contributed by atoms with Crippen LogP contribution in [0, 0.1) is 10.1 Å². The molecule has 12 heteroatoms. The molecule has 0 aliphatic carbocycles. The molecule has 2 atom stereocenters. The van der Waals surface area contributed by atoms with E-state index in [4.69, 9.17) is 20.8 Å². The Labute approximate surface area is 238 Å². The first-order chi connectivity index (χ1) is 19.8. The Balaban J connectivity index is 1.28. The fourth-order valence-corrected chi connectivity index (χ4v) is 5.38. The van der Waals surface area contributed by atoms with Crippen molar-refractivity contribution < 1.29 is 28.5 Å². The van der Waals surface area contributed by atoms with Crippen LogP contribution >= 0.6 is 11.6 Å². The zero-order chi connectivity index (χ0) is 28.7. The number of nitrogens with zero attached hydrogens (tertiary/aromatic N) is 4. The number of imide groups is 1. The summed E-state index contributed by atoms with van der Waals surface area (Å²) in [6.45, 7) is 0.582. The number of ether oxygens (including phenoxy) is 1. The Bertz CT molecular complexity index is 1650. The zero-order valence-electron chi connectivity index (χ0n) is 21.6. The number of hydrogen-bond acceptors (Lipinski definition) is 8. The Morgan fingerprint density at radius 1 is 1.12 bits per heavy atom. The highest BCUT2D eigenvalue weighted by molar-refractivity contribution is 6.32. The minimum atomic E-state index is -1.11. The number of nitro benzene ring substituents is 1. The molecule has 0 N–H and O–H groups in total. The number of amides is 3.